The van der Waals surface area contributed by atoms with Gasteiger partial charge in [-0.25, -0.2) is 19.2 Å². The van der Waals surface area contributed by atoms with Gasteiger partial charge in [0.2, 0.25) is 0 Å². The zero-order valence-electron chi connectivity index (χ0n) is 32.4. The number of pyridine rings is 1. The number of alkyl carbamates (subject to hydrolysis) is 1. The lowest BCUT2D eigenvalue weighted by molar-refractivity contribution is -0.0352. The second-order valence-electron chi connectivity index (χ2n) is 16.7. The van der Waals surface area contributed by atoms with E-state index >= 15 is 0 Å². The Morgan fingerprint density at radius 1 is 1.08 bits per heavy atom. The predicted octanol–water partition coefficient (Wildman–Crippen LogP) is 6.77. The third kappa shape index (κ3) is 9.00. The number of halogens is 1. The van der Waals surface area contributed by atoms with Crippen molar-refractivity contribution in [3.63, 3.8) is 0 Å². The van der Waals surface area contributed by atoms with Crippen LogP contribution in [0.15, 0.2) is 43.0 Å². The van der Waals surface area contributed by atoms with E-state index < -0.39 is 23.1 Å². The number of rotatable bonds is 12. The summed E-state index contributed by atoms with van der Waals surface area (Å²) < 4.78 is 32.7. The Balaban J connectivity index is 1.04. The van der Waals surface area contributed by atoms with E-state index in [0.717, 1.165) is 75.4 Å². The molecule has 0 radical (unpaired) electrons. The lowest BCUT2D eigenvalue weighted by Gasteiger charge is -2.59. The Morgan fingerprint density at radius 2 is 1.83 bits per heavy atom. The first kappa shape index (κ1) is 38.2. The average molecular weight is 732 g/mol. The molecule has 2 aliphatic heterocycles. The molecule has 2 fully saturated rings. The molecule has 1 aromatic carbocycles. The van der Waals surface area contributed by atoms with Gasteiger partial charge in [0, 0.05) is 80.1 Å². The Morgan fingerprint density at radius 3 is 2.53 bits per heavy atom. The maximum absolute atomic E-state index is 14.3. The summed E-state index contributed by atoms with van der Waals surface area (Å²) in [6, 6.07) is 5.93. The van der Waals surface area contributed by atoms with Gasteiger partial charge in [-0.2, -0.15) is 0 Å². The van der Waals surface area contributed by atoms with Gasteiger partial charge in [-0.3, -0.25) is 14.7 Å². The van der Waals surface area contributed by atoms with Crippen molar-refractivity contribution in [1.82, 2.24) is 30.1 Å². The Bertz CT molecular complexity index is 1800. The van der Waals surface area contributed by atoms with Crippen LogP contribution in [0.1, 0.15) is 96.3 Å². The van der Waals surface area contributed by atoms with E-state index in [0.29, 0.717) is 18.1 Å². The first-order valence-corrected chi connectivity index (χ1v) is 18.7. The normalized spacial score (nSPS) is 17.1. The second-order valence-corrected chi connectivity index (χ2v) is 16.7. The van der Waals surface area contributed by atoms with Crippen LogP contribution in [0.5, 0.6) is 17.2 Å². The molecule has 286 valence electrons. The number of nitrogens with one attached hydrogen (secondary N) is 1. The van der Waals surface area contributed by atoms with Gasteiger partial charge in [-0.1, -0.05) is 0 Å². The number of anilines is 1. The highest BCUT2D eigenvalue weighted by molar-refractivity contribution is 5.97. The molecule has 1 N–H and O–H groups in total. The monoisotopic (exact) mass is 731 g/mol. The van der Waals surface area contributed by atoms with Crippen molar-refractivity contribution in [2.24, 2.45) is 5.41 Å². The topological polar surface area (TPSA) is 122 Å². The number of benzene rings is 1. The fourth-order valence-corrected chi connectivity index (χ4v) is 7.58. The largest absolute Gasteiger partial charge is 0.490 e. The van der Waals surface area contributed by atoms with Crippen LogP contribution >= 0.6 is 0 Å². The van der Waals surface area contributed by atoms with E-state index in [1.165, 1.54) is 24.5 Å². The van der Waals surface area contributed by atoms with Gasteiger partial charge in [-0.15, -0.1) is 0 Å². The van der Waals surface area contributed by atoms with E-state index in [1.807, 2.05) is 67.7 Å². The minimum Gasteiger partial charge on any atom is -0.490 e. The average Bonchev–Trinajstić information content (AvgIpc) is 3.04. The summed E-state index contributed by atoms with van der Waals surface area (Å²) in [5.41, 5.74) is 1.55. The van der Waals surface area contributed by atoms with Crippen LogP contribution in [0.4, 0.5) is 15.0 Å². The van der Waals surface area contributed by atoms with Gasteiger partial charge in [0.25, 0.3) is 5.91 Å². The zero-order valence-corrected chi connectivity index (χ0v) is 32.4. The van der Waals surface area contributed by atoms with Crippen LogP contribution in [-0.4, -0.2) is 92.8 Å². The van der Waals surface area contributed by atoms with Crippen molar-refractivity contribution >= 4 is 17.8 Å². The SMILES string of the molecule is CCN(C(=O)c1cc(F)ccc1Oc1cncnc1N1CC2(CC(Oc3ccnc4c3CN(CCC(C)(C)NC(=O)OC(C)(C)C)CC4)C2)C1)C(C)C. The van der Waals surface area contributed by atoms with Crippen molar-refractivity contribution in [2.75, 3.05) is 37.6 Å². The van der Waals surface area contributed by atoms with Gasteiger partial charge in [0.1, 0.15) is 35.3 Å². The van der Waals surface area contributed by atoms with E-state index in [9.17, 15) is 14.0 Å². The van der Waals surface area contributed by atoms with Crippen LogP contribution < -0.4 is 19.7 Å². The molecular weight excluding hydrogens is 677 g/mol. The van der Waals surface area contributed by atoms with Crippen molar-refractivity contribution in [1.29, 1.82) is 0 Å². The molecule has 0 atom stereocenters. The number of amides is 2. The first-order valence-electron chi connectivity index (χ1n) is 18.7. The number of carbonyl (C=O) groups excluding carboxylic acids is 2. The third-order valence-electron chi connectivity index (χ3n) is 10.3. The number of hydrogen-bond donors (Lipinski definition) is 1. The molecule has 0 bridgehead atoms. The number of fused-ring (bicyclic) bond motifs is 1. The van der Waals surface area contributed by atoms with Crippen LogP contribution in [0.25, 0.3) is 0 Å². The summed E-state index contributed by atoms with van der Waals surface area (Å²) in [4.78, 5) is 45.4. The van der Waals surface area contributed by atoms with Gasteiger partial charge < -0.3 is 29.3 Å². The van der Waals surface area contributed by atoms with Crippen LogP contribution in [0.3, 0.4) is 0 Å². The molecule has 1 saturated heterocycles. The number of carbonyl (C=O) groups is 2. The van der Waals surface area contributed by atoms with Crippen LogP contribution in [-0.2, 0) is 17.7 Å². The molecule has 1 saturated carbocycles. The highest BCUT2D eigenvalue weighted by atomic mass is 19.1. The summed E-state index contributed by atoms with van der Waals surface area (Å²) in [6.07, 6.45) is 8.10. The van der Waals surface area contributed by atoms with Crippen molar-refractivity contribution in [3.8, 4) is 17.2 Å². The summed E-state index contributed by atoms with van der Waals surface area (Å²) in [6.45, 7) is 19.9. The molecular formula is C40H54FN7O5. The second kappa shape index (κ2) is 15.1. The van der Waals surface area contributed by atoms with Gasteiger partial charge in [-0.05, 0) is 98.9 Å². The fraction of sp³-hybridized carbons (Fsp3) is 0.575. The lowest BCUT2D eigenvalue weighted by atomic mass is 9.61. The number of nitrogens with zero attached hydrogens (tertiary/aromatic N) is 6. The Kier molecular flexibility index (Phi) is 10.9. The van der Waals surface area contributed by atoms with E-state index in [4.69, 9.17) is 14.2 Å². The van der Waals surface area contributed by atoms with E-state index in [-0.39, 0.29) is 34.8 Å². The highest BCUT2D eigenvalue weighted by Gasteiger charge is 2.54. The molecule has 2 aromatic heterocycles. The summed E-state index contributed by atoms with van der Waals surface area (Å²) in [5, 5.41) is 3.02. The molecule has 4 heterocycles. The lowest BCUT2D eigenvalue weighted by Crippen LogP contribution is -2.65. The van der Waals surface area contributed by atoms with Gasteiger partial charge in [0.15, 0.2) is 11.6 Å². The van der Waals surface area contributed by atoms with Gasteiger partial charge >= 0.3 is 6.09 Å². The minimum atomic E-state index is -0.543. The molecule has 53 heavy (non-hydrogen) atoms. The molecule has 6 rings (SSSR count). The summed E-state index contributed by atoms with van der Waals surface area (Å²) >= 11 is 0. The molecule has 3 aromatic rings. The Labute approximate surface area is 312 Å². The minimum absolute atomic E-state index is 0.0515. The fourth-order valence-electron chi connectivity index (χ4n) is 7.58. The maximum atomic E-state index is 14.3. The highest BCUT2D eigenvalue weighted by Crippen LogP contribution is 2.52. The standard InChI is InChI=1S/C40H54FN7O5/c1-9-48(26(2)3)36(49)29-18-27(41)10-11-32(29)52-34-21-42-25-44-35(34)47-23-40(24-47)19-28(20-40)51-33-12-15-43-31-13-16-46(22-30(31)33)17-14-39(7,8)45-37(50)53-38(4,5)6/h10-12,15,18,21,25-26,28H,9,13-14,16-17,19-20,22-24H2,1-8H3,(H,45,50). The summed E-state index contributed by atoms with van der Waals surface area (Å²) in [5.74, 6) is 1.42. The molecule has 1 spiro atoms. The van der Waals surface area contributed by atoms with E-state index in [2.05, 4.69) is 30.1 Å². The number of aromatic nitrogens is 3. The van der Waals surface area contributed by atoms with E-state index in [1.54, 1.807) is 11.1 Å². The van der Waals surface area contributed by atoms with Gasteiger partial charge in [0.05, 0.1) is 11.8 Å². The molecule has 2 amide bonds. The van der Waals surface area contributed by atoms with Crippen molar-refractivity contribution in [2.45, 2.75) is 111 Å². The molecule has 13 heteroatoms. The smallest absolute Gasteiger partial charge is 0.408 e. The molecule has 12 nitrogen and oxygen atoms in total. The molecule has 1 aliphatic carbocycles. The predicted molar refractivity (Wildman–Crippen MR) is 200 cm³/mol. The van der Waals surface area contributed by atoms with Crippen molar-refractivity contribution < 1.29 is 28.2 Å². The number of ether oxygens (including phenoxy) is 3. The number of hydrogen-bond acceptors (Lipinski definition) is 10. The molecule has 0 unspecified atom stereocenters. The van der Waals surface area contributed by atoms with Crippen LogP contribution in [0, 0.1) is 11.2 Å². The maximum Gasteiger partial charge on any atom is 0.408 e. The Hall–Kier alpha value is -4.52. The zero-order chi connectivity index (χ0) is 38.1. The van der Waals surface area contributed by atoms with Crippen molar-refractivity contribution in [3.05, 3.63) is 65.6 Å². The van der Waals surface area contributed by atoms with Crippen LogP contribution in [0.2, 0.25) is 0 Å². The molecule has 3 aliphatic rings. The quantitative estimate of drug-likeness (QED) is 0.214. The first-order chi connectivity index (χ1) is 25.0. The third-order valence-corrected chi connectivity index (χ3v) is 10.3. The summed E-state index contributed by atoms with van der Waals surface area (Å²) in [7, 11) is 0.